The van der Waals surface area contributed by atoms with Gasteiger partial charge in [-0.25, -0.2) is 9.79 Å². The highest BCUT2D eigenvalue weighted by Crippen LogP contribution is 1.52. The Morgan fingerprint density at radius 1 is 1.78 bits per heavy atom. The minimum atomic E-state index is -1.08. The van der Waals surface area contributed by atoms with Gasteiger partial charge < -0.3 is 9.90 Å². The van der Waals surface area contributed by atoms with Gasteiger partial charge in [-0.1, -0.05) is 0 Å². The van der Waals surface area contributed by atoms with Crippen molar-refractivity contribution in [2.45, 2.75) is 13.8 Å². The van der Waals surface area contributed by atoms with Crippen molar-refractivity contribution >= 4 is 12.0 Å². The second-order valence-electron chi connectivity index (χ2n) is 1.06. The van der Waals surface area contributed by atoms with Crippen LogP contribution in [-0.4, -0.2) is 18.6 Å². The number of nitrogens with zero attached hydrogens (tertiary/aromatic N) is 1. The predicted octanol–water partition coefficient (Wildman–Crippen LogP) is -0.902. The van der Waals surface area contributed by atoms with Crippen LogP contribution in [0.15, 0.2) is 4.99 Å². The van der Waals surface area contributed by atoms with Crippen LogP contribution in [0.4, 0.5) is 0 Å². The zero-order valence-electron chi connectivity index (χ0n) is 5.38. The van der Waals surface area contributed by atoms with E-state index in [1.807, 2.05) is 0 Å². The molecule has 0 unspecified atom stereocenters. The third kappa shape index (κ3) is 223. The highest BCUT2D eigenvalue weighted by atomic mass is 16.4. The molecule has 0 aliphatic carbocycles. The largest absolute Gasteiger partial charge is 0.550 e. The van der Waals surface area contributed by atoms with Crippen LogP contribution < -0.4 is 5.11 Å². The molecule has 0 spiro atoms. The predicted molar refractivity (Wildman–Crippen MR) is 29.3 cm³/mol. The molecule has 0 radical (unpaired) electrons. The van der Waals surface area contributed by atoms with Crippen molar-refractivity contribution in [3.8, 4) is 0 Å². The monoisotopic (exact) mass is 130 g/mol. The van der Waals surface area contributed by atoms with Crippen molar-refractivity contribution in [2.75, 3.05) is 6.54 Å². The molecule has 0 bridgehead atoms. The van der Waals surface area contributed by atoms with Gasteiger partial charge in [0.25, 0.3) is 0 Å². The molecule has 0 N–H and O–H groups in total. The third-order valence-corrected chi connectivity index (χ3v) is 0.223. The third-order valence-electron chi connectivity index (χ3n) is 0.223. The smallest absolute Gasteiger partial charge is 0.234 e. The van der Waals surface area contributed by atoms with Gasteiger partial charge in [0.1, 0.15) is 0 Å². The Hall–Kier alpha value is -1.15. The summed E-state index contributed by atoms with van der Waals surface area (Å²) in [5, 5.41) is 8.89. The number of carbonyl (C=O) groups is 1. The molecule has 4 nitrogen and oxygen atoms in total. The Bertz CT molecular complexity index is 111. The second kappa shape index (κ2) is 9.97. The summed E-state index contributed by atoms with van der Waals surface area (Å²) in [5.74, 6) is -1.08. The van der Waals surface area contributed by atoms with Crippen molar-refractivity contribution < 1.29 is 14.7 Å². The molecule has 0 atom stereocenters. The topological polar surface area (TPSA) is 69.6 Å². The van der Waals surface area contributed by atoms with E-state index < -0.39 is 5.97 Å². The summed E-state index contributed by atoms with van der Waals surface area (Å²) in [6.45, 7) is 3.30. The van der Waals surface area contributed by atoms with Gasteiger partial charge in [0.05, 0.1) is 0 Å². The lowest BCUT2D eigenvalue weighted by Gasteiger charge is -1.77. The Morgan fingerprint density at radius 3 is 2.11 bits per heavy atom. The molecule has 0 saturated heterocycles. The van der Waals surface area contributed by atoms with Gasteiger partial charge in [-0.15, -0.1) is 0 Å². The summed E-state index contributed by atoms with van der Waals surface area (Å²) < 4.78 is 0. The first kappa shape index (κ1) is 10.8. The Morgan fingerprint density at radius 2 is 2.11 bits per heavy atom. The van der Waals surface area contributed by atoms with Crippen LogP contribution in [0, 0.1) is 0 Å². The van der Waals surface area contributed by atoms with Crippen LogP contribution >= 0.6 is 0 Å². The van der Waals surface area contributed by atoms with Gasteiger partial charge in [-0.05, 0) is 13.8 Å². The van der Waals surface area contributed by atoms with Gasteiger partial charge in [0, 0.05) is 12.5 Å². The molecule has 0 saturated carbocycles. The fourth-order valence-corrected chi connectivity index (χ4v) is 0.0645. The highest BCUT2D eigenvalue weighted by molar-refractivity contribution is 5.60. The van der Waals surface area contributed by atoms with Crippen molar-refractivity contribution in [3.63, 3.8) is 0 Å². The number of rotatable bonds is 1. The van der Waals surface area contributed by atoms with E-state index in [0.29, 0.717) is 6.54 Å². The number of aliphatic imine (C=N–C) groups is 1. The van der Waals surface area contributed by atoms with Crippen molar-refractivity contribution in [3.05, 3.63) is 0 Å². The van der Waals surface area contributed by atoms with Crippen LogP contribution in [0.1, 0.15) is 13.8 Å². The maximum absolute atomic E-state index is 9.11. The van der Waals surface area contributed by atoms with Gasteiger partial charge >= 0.3 is 0 Å². The summed E-state index contributed by atoms with van der Waals surface area (Å²) >= 11 is 0. The molecule has 0 rings (SSSR count). The number of hydrogen-bond acceptors (Lipinski definition) is 4. The van der Waals surface area contributed by atoms with Gasteiger partial charge in [-0.2, -0.15) is 0 Å². The number of carbonyl (C=O) groups excluding carboxylic acids is 2. The van der Waals surface area contributed by atoms with E-state index in [1.165, 1.54) is 6.08 Å². The van der Waals surface area contributed by atoms with E-state index >= 15 is 0 Å². The lowest BCUT2D eigenvalue weighted by atomic mass is 10.8. The van der Waals surface area contributed by atoms with E-state index in [-0.39, 0.29) is 0 Å². The van der Waals surface area contributed by atoms with E-state index in [2.05, 4.69) is 4.99 Å². The first-order valence-electron chi connectivity index (χ1n) is 2.36. The lowest BCUT2D eigenvalue weighted by molar-refractivity contribution is -0.302. The van der Waals surface area contributed by atoms with E-state index in [0.717, 1.165) is 6.92 Å². The second-order valence-corrected chi connectivity index (χ2v) is 1.06. The Labute approximate surface area is 53.2 Å². The maximum atomic E-state index is 9.11. The van der Waals surface area contributed by atoms with Crippen LogP contribution in [0.3, 0.4) is 0 Å². The Balaban J connectivity index is 0. The van der Waals surface area contributed by atoms with Gasteiger partial charge in [-0.3, -0.25) is 0 Å². The summed E-state index contributed by atoms with van der Waals surface area (Å²) in [7, 11) is 0. The number of carboxylic acid groups (broad SMARTS) is 1. The Kier molecular flexibility index (Phi) is 11.9. The summed E-state index contributed by atoms with van der Waals surface area (Å²) in [6, 6.07) is 0. The van der Waals surface area contributed by atoms with Gasteiger partial charge in [0.2, 0.25) is 6.08 Å². The minimum absolute atomic E-state index is 0.545. The maximum Gasteiger partial charge on any atom is 0.234 e. The molecule has 0 aromatic heterocycles. The zero-order valence-corrected chi connectivity index (χ0v) is 5.38. The van der Waals surface area contributed by atoms with Crippen molar-refractivity contribution in [1.82, 2.24) is 0 Å². The van der Waals surface area contributed by atoms with E-state index in [1.54, 1.807) is 6.92 Å². The van der Waals surface area contributed by atoms with Gasteiger partial charge in [0.15, 0.2) is 0 Å². The van der Waals surface area contributed by atoms with Crippen LogP contribution in [0.2, 0.25) is 0 Å². The fraction of sp³-hybridized carbons (Fsp3) is 0.600. The van der Waals surface area contributed by atoms with E-state index in [9.17, 15) is 0 Å². The van der Waals surface area contributed by atoms with Crippen molar-refractivity contribution in [2.24, 2.45) is 4.99 Å². The minimum Gasteiger partial charge on any atom is -0.550 e. The molecular weight excluding hydrogens is 122 g/mol. The number of aliphatic carboxylic acids is 1. The molecule has 9 heavy (non-hydrogen) atoms. The number of carboxylic acids is 1. The first-order valence-corrected chi connectivity index (χ1v) is 2.36. The molecule has 4 heteroatoms. The van der Waals surface area contributed by atoms with E-state index in [4.69, 9.17) is 14.7 Å². The molecular formula is C5H8NO3-. The SMILES string of the molecule is CC(=O)[O-].CCN=C=O. The number of hydrogen-bond donors (Lipinski definition) is 0. The molecule has 0 fully saturated rings. The molecule has 0 aromatic rings. The summed E-state index contributed by atoms with van der Waals surface area (Å²) in [4.78, 5) is 21.2. The van der Waals surface area contributed by atoms with Crippen LogP contribution in [-0.2, 0) is 9.59 Å². The summed E-state index contributed by atoms with van der Waals surface area (Å²) in [5.41, 5.74) is 0. The van der Waals surface area contributed by atoms with Crippen LogP contribution in [0.25, 0.3) is 0 Å². The molecule has 0 aromatic carbocycles. The molecule has 0 aliphatic heterocycles. The number of isocyanates is 1. The average Bonchev–Trinajstić information content (AvgIpc) is 1.66. The molecule has 52 valence electrons. The molecule has 0 aliphatic rings. The van der Waals surface area contributed by atoms with Crippen molar-refractivity contribution in [1.29, 1.82) is 0 Å². The standard InChI is InChI=1S/C3H5NO.C2H4O2/c1-2-4-3-5;1-2(3)4/h2H2,1H3;1H3,(H,3,4)/p-1. The first-order chi connectivity index (χ1) is 4.15. The average molecular weight is 130 g/mol. The normalized spacial score (nSPS) is 6.00. The highest BCUT2D eigenvalue weighted by Gasteiger charge is 1.52. The quantitative estimate of drug-likeness (QED) is 0.341. The summed E-state index contributed by atoms with van der Waals surface area (Å²) in [6.07, 6.45) is 1.39. The fourth-order valence-electron chi connectivity index (χ4n) is 0.0645. The lowest BCUT2D eigenvalue weighted by Crippen LogP contribution is -2.16. The molecule has 0 heterocycles. The zero-order chi connectivity index (χ0) is 7.70. The molecule has 0 amide bonds. The van der Waals surface area contributed by atoms with Crippen LogP contribution in [0.5, 0.6) is 0 Å².